The van der Waals surface area contributed by atoms with Crippen LogP contribution in [-0.2, 0) is 16.6 Å². The molecule has 0 aliphatic heterocycles. The number of hydrogen-bond acceptors (Lipinski definition) is 3. The van der Waals surface area contributed by atoms with Crippen LogP contribution >= 0.6 is 11.6 Å². The molecule has 0 aliphatic rings. The van der Waals surface area contributed by atoms with Crippen LogP contribution in [0.2, 0.25) is 5.02 Å². The van der Waals surface area contributed by atoms with Gasteiger partial charge in [0, 0.05) is 13.1 Å². The Morgan fingerprint density at radius 1 is 1.47 bits per heavy atom. The van der Waals surface area contributed by atoms with E-state index in [-0.39, 0.29) is 27.9 Å². The number of nitrogens with two attached hydrogens (primary N) is 1. The van der Waals surface area contributed by atoms with Crippen LogP contribution in [0.5, 0.6) is 0 Å². The number of halogens is 2. The van der Waals surface area contributed by atoms with Gasteiger partial charge in [-0.25, -0.2) is 17.5 Å². The zero-order valence-electron chi connectivity index (χ0n) is 10.9. The molecule has 0 radical (unpaired) electrons. The van der Waals surface area contributed by atoms with E-state index in [1.54, 1.807) is 0 Å². The Hall–Kier alpha value is -0.690. The van der Waals surface area contributed by atoms with Crippen molar-refractivity contribution in [2.45, 2.75) is 31.7 Å². The lowest BCUT2D eigenvalue weighted by Gasteiger charge is -2.12. The maximum Gasteiger partial charge on any atom is 0.240 e. The van der Waals surface area contributed by atoms with E-state index in [0.717, 1.165) is 12.5 Å². The van der Waals surface area contributed by atoms with Crippen molar-refractivity contribution >= 4 is 21.6 Å². The standard InChI is InChI=1S/C12H18ClFN2O2S/c1-3-8(2)7-16-19(17,18)10-4-9(6-15)12(13)11(14)5-10/h4-5,8,16H,3,6-7,15H2,1-2H3. The minimum absolute atomic E-state index is 0.0233. The van der Waals surface area contributed by atoms with E-state index in [2.05, 4.69) is 4.72 Å². The summed E-state index contributed by atoms with van der Waals surface area (Å²) in [5, 5.41) is -0.136. The fourth-order valence-electron chi connectivity index (χ4n) is 1.40. The molecule has 0 fully saturated rings. The summed E-state index contributed by atoms with van der Waals surface area (Å²) in [6.45, 7) is 4.18. The molecule has 108 valence electrons. The van der Waals surface area contributed by atoms with Crippen LogP contribution in [0.3, 0.4) is 0 Å². The molecular formula is C12H18ClFN2O2S. The number of sulfonamides is 1. The van der Waals surface area contributed by atoms with E-state index in [1.807, 2.05) is 13.8 Å². The third-order valence-corrected chi connectivity index (χ3v) is 4.75. The zero-order chi connectivity index (χ0) is 14.6. The first kappa shape index (κ1) is 16.4. The van der Waals surface area contributed by atoms with Crippen LogP contribution in [0.4, 0.5) is 4.39 Å². The molecule has 4 nitrogen and oxygen atoms in total. The molecule has 1 aromatic rings. The highest BCUT2D eigenvalue weighted by molar-refractivity contribution is 7.89. The van der Waals surface area contributed by atoms with Crippen LogP contribution in [0.15, 0.2) is 17.0 Å². The van der Waals surface area contributed by atoms with Gasteiger partial charge < -0.3 is 5.73 Å². The molecule has 0 aliphatic carbocycles. The number of hydrogen-bond donors (Lipinski definition) is 2. The van der Waals surface area contributed by atoms with Crippen molar-refractivity contribution in [2.24, 2.45) is 11.7 Å². The second-order valence-electron chi connectivity index (χ2n) is 4.45. The van der Waals surface area contributed by atoms with Crippen LogP contribution in [0.25, 0.3) is 0 Å². The lowest BCUT2D eigenvalue weighted by Crippen LogP contribution is -2.28. The molecule has 0 saturated heterocycles. The topological polar surface area (TPSA) is 72.2 Å². The van der Waals surface area contributed by atoms with Crippen LogP contribution in [0, 0.1) is 11.7 Å². The van der Waals surface area contributed by atoms with Gasteiger partial charge in [0.05, 0.1) is 9.92 Å². The molecule has 0 amide bonds. The summed E-state index contributed by atoms with van der Waals surface area (Å²) in [7, 11) is -3.74. The maximum absolute atomic E-state index is 13.5. The molecule has 7 heteroatoms. The molecule has 1 atom stereocenters. The number of benzene rings is 1. The van der Waals surface area contributed by atoms with Crippen molar-refractivity contribution in [3.8, 4) is 0 Å². The van der Waals surface area contributed by atoms with E-state index in [4.69, 9.17) is 17.3 Å². The normalized spacial score (nSPS) is 13.5. The first-order valence-electron chi connectivity index (χ1n) is 5.99. The van der Waals surface area contributed by atoms with Gasteiger partial charge in [0.25, 0.3) is 0 Å². The van der Waals surface area contributed by atoms with Crippen molar-refractivity contribution in [1.29, 1.82) is 0 Å². The first-order chi connectivity index (χ1) is 8.81. The Balaban J connectivity index is 3.05. The minimum Gasteiger partial charge on any atom is -0.326 e. The SMILES string of the molecule is CCC(C)CNS(=O)(=O)c1cc(F)c(Cl)c(CN)c1. The Morgan fingerprint density at radius 3 is 2.63 bits per heavy atom. The zero-order valence-corrected chi connectivity index (χ0v) is 12.5. The fraction of sp³-hybridized carbons (Fsp3) is 0.500. The lowest BCUT2D eigenvalue weighted by molar-refractivity contribution is 0.527. The molecular weight excluding hydrogens is 291 g/mol. The fourth-order valence-corrected chi connectivity index (χ4v) is 2.81. The molecule has 1 rings (SSSR count). The van der Waals surface area contributed by atoms with Gasteiger partial charge in [-0.1, -0.05) is 31.9 Å². The van der Waals surface area contributed by atoms with E-state index in [1.165, 1.54) is 6.07 Å². The van der Waals surface area contributed by atoms with E-state index < -0.39 is 15.8 Å². The lowest BCUT2D eigenvalue weighted by atomic mass is 10.1. The van der Waals surface area contributed by atoms with Crippen molar-refractivity contribution in [3.63, 3.8) is 0 Å². The van der Waals surface area contributed by atoms with Crippen LogP contribution in [-0.4, -0.2) is 15.0 Å². The smallest absolute Gasteiger partial charge is 0.240 e. The first-order valence-corrected chi connectivity index (χ1v) is 7.85. The van der Waals surface area contributed by atoms with Gasteiger partial charge in [0.2, 0.25) is 10.0 Å². The maximum atomic E-state index is 13.5. The van der Waals surface area contributed by atoms with E-state index in [0.29, 0.717) is 6.54 Å². The molecule has 0 heterocycles. The van der Waals surface area contributed by atoms with Gasteiger partial charge in [0.15, 0.2) is 0 Å². The minimum atomic E-state index is -3.74. The predicted molar refractivity (Wildman–Crippen MR) is 73.9 cm³/mol. The predicted octanol–water partition coefficient (Wildman–Crippen LogP) is 2.26. The highest BCUT2D eigenvalue weighted by atomic mass is 35.5. The van der Waals surface area contributed by atoms with E-state index >= 15 is 0 Å². The molecule has 0 aromatic heterocycles. The van der Waals surface area contributed by atoms with Gasteiger partial charge >= 0.3 is 0 Å². The molecule has 0 saturated carbocycles. The van der Waals surface area contributed by atoms with E-state index in [9.17, 15) is 12.8 Å². The summed E-state index contributed by atoms with van der Waals surface area (Å²) in [6, 6.07) is 2.20. The summed E-state index contributed by atoms with van der Waals surface area (Å²) in [5.74, 6) is -0.575. The molecule has 1 unspecified atom stereocenters. The third-order valence-electron chi connectivity index (χ3n) is 2.93. The Morgan fingerprint density at radius 2 is 2.11 bits per heavy atom. The number of rotatable bonds is 6. The molecule has 3 N–H and O–H groups in total. The van der Waals surface area contributed by atoms with Gasteiger partial charge in [-0.05, 0) is 23.6 Å². The second-order valence-corrected chi connectivity index (χ2v) is 6.59. The largest absolute Gasteiger partial charge is 0.326 e. The Labute approximate surface area is 118 Å². The monoisotopic (exact) mass is 308 g/mol. The Bertz CT molecular complexity index is 549. The second kappa shape index (κ2) is 6.65. The molecule has 19 heavy (non-hydrogen) atoms. The van der Waals surface area contributed by atoms with Crippen molar-refractivity contribution in [3.05, 3.63) is 28.5 Å². The number of nitrogens with one attached hydrogen (secondary N) is 1. The third kappa shape index (κ3) is 4.14. The summed E-state index contributed by atoms with van der Waals surface area (Å²) in [5.41, 5.74) is 5.68. The highest BCUT2D eigenvalue weighted by Gasteiger charge is 2.18. The van der Waals surface area contributed by atoms with Gasteiger partial charge in [0.1, 0.15) is 5.82 Å². The molecule has 1 aromatic carbocycles. The van der Waals surface area contributed by atoms with Crippen LogP contribution in [0.1, 0.15) is 25.8 Å². The van der Waals surface area contributed by atoms with Crippen molar-refractivity contribution in [2.75, 3.05) is 6.54 Å². The highest BCUT2D eigenvalue weighted by Crippen LogP contribution is 2.24. The summed E-state index contributed by atoms with van der Waals surface area (Å²) in [6.07, 6.45) is 0.853. The van der Waals surface area contributed by atoms with Gasteiger partial charge in [-0.15, -0.1) is 0 Å². The molecule has 0 bridgehead atoms. The quantitative estimate of drug-likeness (QED) is 0.846. The summed E-state index contributed by atoms with van der Waals surface area (Å²) < 4.78 is 40.0. The Kier molecular flexibility index (Phi) is 5.73. The van der Waals surface area contributed by atoms with Crippen molar-refractivity contribution in [1.82, 2.24) is 4.72 Å². The average molecular weight is 309 g/mol. The van der Waals surface area contributed by atoms with Gasteiger partial charge in [-0.3, -0.25) is 0 Å². The summed E-state index contributed by atoms with van der Waals surface area (Å²) >= 11 is 5.70. The van der Waals surface area contributed by atoms with Crippen molar-refractivity contribution < 1.29 is 12.8 Å². The summed E-state index contributed by atoms with van der Waals surface area (Å²) in [4.78, 5) is -0.154. The molecule has 0 spiro atoms. The van der Waals surface area contributed by atoms with Crippen LogP contribution < -0.4 is 10.5 Å². The van der Waals surface area contributed by atoms with Gasteiger partial charge in [-0.2, -0.15) is 0 Å². The average Bonchev–Trinajstić information content (AvgIpc) is 2.38.